The summed E-state index contributed by atoms with van der Waals surface area (Å²) in [6.07, 6.45) is 3.35. The van der Waals surface area contributed by atoms with Gasteiger partial charge in [-0.3, -0.25) is 0 Å². The second-order valence-electron chi connectivity index (χ2n) is 5.02. The van der Waals surface area contributed by atoms with Gasteiger partial charge in [-0.05, 0) is 59.3 Å². The van der Waals surface area contributed by atoms with Crippen molar-refractivity contribution in [3.8, 4) is 0 Å². The molecule has 0 aromatic heterocycles. The van der Waals surface area contributed by atoms with Gasteiger partial charge in [-0.2, -0.15) is 0 Å². The van der Waals surface area contributed by atoms with Gasteiger partial charge in [-0.15, -0.1) is 0 Å². The zero-order valence-electron chi connectivity index (χ0n) is 10.8. The Hall–Kier alpha value is -0.430. The average molecular weight is 348 g/mol. The summed E-state index contributed by atoms with van der Waals surface area (Å²) in [5.74, 6) is 0.439. The Balaban J connectivity index is 2.23. The highest BCUT2D eigenvalue weighted by atomic mass is 79.9. The second-order valence-corrected chi connectivity index (χ2v) is 7.56. The molecule has 2 N–H and O–H groups in total. The molecule has 0 heterocycles. The zero-order valence-corrected chi connectivity index (χ0v) is 13.2. The Morgan fingerprint density at radius 2 is 2.16 bits per heavy atom. The van der Waals surface area contributed by atoms with Crippen molar-refractivity contribution >= 4 is 26.0 Å². The van der Waals surface area contributed by atoms with E-state index in [1.165, 1.54) is 12.5 Å². The molecule has 1 aliphatic rings. The molecular weight excluding hydrogens is 330 g/mol. The number of aliphatic hydroxyl groups excluding tert-OH is 1. The Morgan fingerprint density at radius 1 is 1.47 bits per heavy atom. The fourth-order valence-electron chi connectivity index (χ4n) is 2.20. The van der Waals surface area contributed by atoms with Gasteiger partial charge in [0.2, 0.25) is 10.0 Å². The van der Waals surface area contributed by atoms with Gasteiger partial charge in [0.05, 0.1) is 11.5 Å². The van der Waals surface area contributed by atoms with E-state index in [4.69, 9.17) is 5.11 Å². The van der Waals surface area contributed by atoms with Crippen molar-refractivity contribution in [3.63, 3.8) is 0 Å². The fourth-order valence-corrected chi connectivity index (χ4v) is 4.52. The van der Waals surface area contributed by atoms with Gasteiger partial charge in [-0.25, -0.2) is 13.1 Å². The Bertz CT molecular complexity index is 555. The van der Waals surface area contributed by atoms with Gasteiger partial charge in [0.25, 0.3) is 0 Å². The van der Waals surface area contributed by atoms with Crippen LogP contribution in [0.25, 0.3) is 0 Å². The molecule has 6 heteroatoms. The predicted molar refractivity (Wildman–Crippen MR) is 77.2 cm³/mol. The van der Waals surface area contributed by atoms with Crippen LogP contribution in [0, 0.1) is 5.92 Å². The summed E-state index contributed by atoms with van der Waals surface area (Å²) in [6.45, 7) is 1.74. The Kier molecular flexibility index (Phi) is 4.66. The Labute approximate surface area is 122 Å². The number of halogens is 1. The third-order valence-electron chi connectivity index (χ3n) is 3.67. The van der Waals surface area contributed by atoms with Crippen LogP contribution in [0.1, 0.15) is 31.7 Å². The van der Waals surface area contributed by atoms with Crippen molar-refractivity contribution in [2.75, 3.05) is 0 Å². The highest BCUT2D eigenvalue weighted by Crippen LogP contribution is 2.31. The smallest absolute Gasteiger partial charge is 0.241 e. The first-order valence-electron chi connectivity index (χ1n) is 6.35. The maximum Gasteiger partial charge on any atom is 0.241 e. The molecule has 0 amide bonds. The minimum Gasteiger partial charge on any atom is -0.392 e. The van der Waals surface area contributed by atoms with Crippen LogP contribution in [-0.4, -0.2) is 19.6 Å². The van der Waals surface area contributed by atoms with Crippen LogP contribution in [0.4, 0.5) is 0 Å². The van der Waals surface area contributed by atoms with Crippen molar-refractivity contribution in [1.82, 2.24) is 4.72 Å². The van der Waals surface area contributed by atoms with Crippen LogP contribution in [-0.2, 0) is 16.6 Å². The molecule has 0 radical (unpaired) electrons. The number of hydrogen-bond donors (Lipinski definition) is 2. The summed E-state index contributed by atoms with van der Waals surface area (Å²) < 4.78 is 27.9. The van der Waals surface area contributed by atoms with Gasteiger partial charge in [-0.1, -0.05) is 12.5 Å². The van der Waals surface area contributed by atoms with E-state index < -0.39 is 10.0 Å². The lowest BCUT2D eigenvalue weighted by molar-refractivity contribution is 0.260. The number of nitrogens with one attached hydrogen (secondary N) is 1. The van der Waals surface area contributed by atoms with E-state index in [0.717, 1.165) is 12.8 Å². The van der Waals surface area contributed by atoms with E-state index in [1.54, 1.807) is 12.1 Å². The molecule has 1 unspecified atom stereocenters. The Morgan fingerprint density at radius 3 is 2.68 bits per heavy atom. The van der Waals surface area contributed by atoms with Crippen LogP contribution >= 0.6 is 15.9 Å². The first-order valence-corrected chi connectivity index (χ1v) is 8.63. The first kappa shape index (κ1) is 15.0. The molecule has 0 spiro atoms. The fraction of sp³-hybridized carbons (Fsp3) is 0.538. The van der Waals surface area contributed by atoms with E-state index in [9.17, 15) is 8.42 Å². The van der Waals surface area contributed by atoms with E-state index >= 15 is 0 Å². The van der Waals surface area contributed by atoms with Crippen LogP contribution in [0.15, 0.2) is 27.6 Å². The molecule has 1 saturated carbocycles. The zero-order chi connectivity index (χ0) is 14.0. The molecule has 0 aliphatic heterocycles. The molecule has 1 aromatic carbocycles. The standard InChI is InChI=1S/C13H18BrNO3S/c1-9(11-3-2-4-11)15-19(17,18)13-7-10(8-16)5-6-12(13)14/h5-7,9,11,15-16H,2-4,8H2,1H3. The molecule has 1 fully saturated rings. The second kappa shape index (κ2) is 5.91. The minimum atomic E-state index is -3.55. The van der Waals surface area contributed by atoms with Crippen molar-refractivity contribution in [2.45, 2.75) is 43.7 Å². The summed E-state index contributed by atoms with van der Waals surface area (Å²) in [5, 5.41) is 9.11. The first-order chi connectivity index (χ1) is 8.94. The SMILES string of the molecule is CC(NS(=O)(=O)c1cc(CO)ccc1Br)C1CCC1. The van der Waals surface area contributed by atoms with E-state index in [2.05, 4.69) is 20.7 Å². The van der Waals surface area contributed by atoms with Gasteiger partial charge in [0.15, 0.2) is 0 Å². The molecule has 19 heavy (non-hydrogen) atoms. The third-order valence-corrected chi connectivity index (χ3v) is 6.22. The van der Waals surface area contributed by atoms with Crippen molar-refractivity contribution in [3.05, 3.63) is 28.2 Å². The van der Waals surface area contributed by atoms with Gasteiger partial charge in [0.1, 0.15) is 0 Å². The number of hydrogen-bond acceptors (Lipinski definition) is 3. The summed E-state index contributed by atoms with van der Waals surface area (Å²) in [7, 11) is -3.55. The van der Waals surface area contributed by atoms with Gasteiger partial charge < -0.3 is 5.11 Å². The van der Waals surface area contributed by atoms with E-state index in [-0.39, 0.29) is 17.5 Å². The molecule has 1 aromatic rings. The van der Waals surface area contributed by atoms with Crippen molar-refractivity contribution in [2.24, 2.45) is 5.92 Å². The number of aliphatic hydroxyl groups is 1. The topological polar surface area (TPSA) is 66.4 Å². The summed E-state index contributed by atoms with van der Waals surface area (Å²) in [5.41, 5.74) is 0.583. The summed E-state index contributed by atoms with van der Waals surface area (Å²) >= 11 is 3.25. The van der Waals surface area contributed by atoms with E-state index in [1.807, 2.05) is 6.92 Å². The highest BCUT2D eigenvalue weighted by Gasteiger charge is 2.28. The van der Waals surface area contributed by atoms with Crippen molar-refractivity contribution < 1.29 is 13.5 Å². The van der Waals surface area contributed by atoms with Crippen LogP contribution in [0.5, 0.6) is 0 Å². The van der Waals surface area contributed by atoms with Crippen LogP contribution in [0.2, 0.25) is 0 Å². The third kappa shape index (κ3) is 3.37. The minimum absolute atomic E-state index is 0.0524. The normalized spacial score (nSPS) is 18.1. The maximum absolute atomic E-state index is 12.4. The molecule has 0 saturated heterocycles. The molecule has 4 nitrogen and oxygen atoms in total. The maximum atomic E-state index is 12.4. The summed E-state index contributed by atoms with van der Waals surface area (Å²) in [6, 6.07) is 4.79. The van der Waals surface area contributed by atoms with Gasteiger partial charge in [0, 0.05) is 10.5 Å². The quantitative estimate of drug-likeness (QED) is 0.859. The monoisotopic (exact) mass is 347 g/mol. The number of sulfonamides is 1. The molecular formula is C13H18BrNO3S. The highest BCUT2D eigenvalue weighted by molar-refractivity contribution is 9.10. The van der Waals surface area contributed by atoms with Crippen molar-refractivity contribution in [1.29, 1.82) is 0 Å². The molecule has 106 valence electrons. The largest absolute Gasteiger partial charge is 0.392 e. The van der Waals surface area contributed by atoms with E-state index in [0.29, 0.717) is 16.0 Å². The molecule has 2 rings (SSSR count). The van der Waals surface area contributed by atoms with Crippen LogP contribution < -0.4 is 4.72 Å². The summed E-state index contributed by atoms with van der Waals surface area (Å²) in [4.78, 5) is 0.185. The average Bonchev–Trinajstić information content (AvgIpc) is 2.26. The lowest BCUT2D eigenvalue weighted by Crippen LogP contribution is -2.40. The molecule has 0 bridgehead atoms. The van der Waals surface area contributed by atoms with Crippen LogP contribution in [0.3, 0.4) is 0 Å². The molecule has 1 atom stereocenters. The molecule has 1 aliphatic carbocycles. The lowest BCUT2D eigenvalue weighted by Gasteiger charge is -2.31. The number of rotatable bonds is 5. The van der Waals surface area contributed by atoms with Gasteiger partial charge >= 0.3 is 0 Å². The lowest BCUT2D eigenvalue weighted by atomic mass is 9.81. The number of benzene rings is 1. The predicted octanol–water partition coefficient (Wildman–Crippen LogP) is 2.41.